The van der Waals surface area contributed by atoms with E-state index in [1.807, 2.05) is 58.9 Å². The number of nitrogens with zero attached hydrogens (tertiary/aromatic N) is 2. The van der Waals surface area contributed by atoms with E-state index in [1.165, 1.54) is 9.21 Å². The first-order chi connectivity index (χ1) is 16.6. The largest absolute Gasteiger partial charge is 0.350 e. The summed E-state index contributed by atoms with van der Waals surface area (Å²) in [6.07, 6.45) is 1.53. The number of halogens is 1. The number of benzene rings is 2. The van der Waals surface area contributed by atoms with Crippen LogP contribution in [0.15, 0.2) is 42.5 Å². The van der Waals surface area contributed by atoms with Gasteiger partial charge in [0.2, 0.25) is 21.8 Å². The number of carbonyl (C=O) groups excluding carboxylic acids is 2. The number of carbonyl (C=O) groups is 2. The Kier molecular flexibility index (Phi) is 9.97. The minimum absolute atomic E-state index is 0.0778. The molecule has 1 unspecified atom stereocenters. The van der Waals surface area contributed by atoms with Crippen molar-refractivity contribution in [3.8, 4) is 0 Å². The van der Waals surface area contributed by atoms with Crippen LogP contribution >= 0.6 is 11.6 Å². The number of anilines is 1. The Bertz CT molecular complexity index is 1190. The van der Waals surface area contributed by atoms with Crippen LogP contribution in [0.25, 0.3) is 0 Å². The molecule has 0 aliphatic rings. The topological polar surface area (TPSA) is 86.8 Å². The van der Waals surface area contributed by atoms with E-state index < -0.39 is 21.6 Å². The molecule has 0 saturated carbocycles. The van der Waals surface area contributed by atoms with Crippen molar-refractivity contribution in [1.82, 2.24) is 10.2 Å². The molecule has 2 aromatic rings. The zero-order valence-corrected chi connectivity index (χ0v) is 23.8. The van der Waals surface area contributed by atoms with Crippen LogP contribution in [0.4, 0.5) is 5.69 Å². The highest BCUT2D eigenvalue weighted by atomic mass is 35.5. The van der Waals surface area contributed by atoms with Crippen LogP contribution in [0.5, 0.6) is 0 Å². The van der Waals surface area contributed by atoms with Crippen molar-refractivity contribution < 1.29 is 18.0 Å². The quantitative estimate of drug-likeness (QED) is 0.472. The van der Waals surface area contributed by atoms with Crippen molar-refractivity contribution in [3.63, 3.8) is 0 Å². The lowest BCUT2D eigenvalue weighted by molar-refractivity contribution is -0.141. The smallest absolute Gasteiger partial charge is 0.242 e. The number of amides is 2. The lowest BCUT2D eigenvalue weighted by atomic mass is 10.1. The van der Waals surface area contributed by atoms with Crippen LogP contribution in [-0.4, -0.2) is 49.5 Å². The molecule has 0 aliphatic carbocycles. The molecule has 2 rings (SSSR count). The van der Waals surface area contributed by atoms with Gasteiger partial charge in [-0.2, -0.15) is 0 Å². The molecule has 36 heavy (non-hydrogen) atoms. The van der Waals surface area contributed by atoms with Gasteiger partial charge in [0.1, 0.15) is 6.04 Å². The highest BCUT2D eigenvalue weighted by molar-refractivity contribution is 7.92. The lowest BCUT2D eigenvalue weighted by Crippen LogP contribution is -2.52. The van der Waals surface area contributed by atoms with Gasteiger partial charge in [0, 0.05) is 30.1 Å². The van der Waals surface area contributed by atoms with Crippen molar-refractivity contribution >= 4 is 39.1 Å². The summed E-state index contributed by atoms with van der Waals surface area (Å²) in [4.78, 5) is 27.8. The van der Waals surface area contributed by atoms with Gasteiger partial charge in [-0.15, -0.1) is 0 Å². The molecular weight excluding hydrogens is 498 g/mol. The van der Waals surface area contributed by atoms with E-state index >= 15 is 0 Å². The second-order valence-electron chi connectivity index (χ2n) is 10.2. The Morgan fingerprint density at radius 1 is 1.06 bits per heavy atom. The van der Waals surface area contributed by atoms with E-state index in [1.54, 1.807) is 25.1 Å². The minimum atomic E-state index is -3.54. The summed E-state index contributed by atoms with van der Waals surface area (Å²) in [5, 5.41) is 3.44. The summed E-state index contributed by atoms with van der Waals surface area (Å²) < 4.78 is 26.3. The molecule has 1 atom stereocenters. The Labute approximate surface area is 220 Å². The maximum atomic E-state index is 13.4. The number of nitrogens with one attached hydrogen (secondary N) is 1. The monoisotopic (exact) mass is 535 g/mol. The third-order valence-electron chi connectivity index (χ3n) is 5.89. The summed E-state index contributed by atoms with van der Waals surface area (Å²) in [7, 11) is -3.54. The fraction of sp³-hybridized carbons (Fsp3) is 0.481. The minimum Gasteiger partial charge on any atom is -0.350 e. The van der Waals surface area contributed by atoms with Crippen LogP contribution in [0.3, 0.4) is 0 Å². The Hall–Kier alpha value is -2.58. The number of rotatable bonds is 10. The van der Waals surface area contributed by atoms with Gasteiger partial charge in [0.25, 0.3) is 0 Å². The molecule has 0 spiro atoms. The molecule has 0 aliphatic heterocycles. The van der Waals surface area contributed by atoms with Gasteiger partial charge >= 0.3 is 0 Å². The van der Waals surface area contributed by atoms with E-state index in [0.717, 1.165) is 22.9 Å². The predicted octanol–water partition coefficient (Wildman–Crippen LogP) is 4.84. The highest BCUT2D eigenvalue weighted by Crippen LogP contribution is 2.23. The molecule has 2 amide bonds. The zero-order valence-electron chi connectivity index (χ0n) is 22.3. The van der Waals surface area contributed by atoms with Crippen molar-refractivity contribution in [1.29, 1.82) is 0 Å². The van der Waals surface area contributed by atoms with Crippen LogP contribution in [0.2, 0.25) is 5.02 Å². The number of hydrogen-bond acceptors (Lipinski definition) is 4. The maximum absolute atomic E-state index is 13.4. The first-order valence-electron chi connectivity index (χ1n) is 12.0. The second-order valence-corrected chi connectivity index (χ2v) is 12.5. The summed E-state index contributed by atoms with van der Waals surface area (Å²) >= 11 is 6.34. The molecule has 0 heterocycles. The molecule has 7 nitrogen and oxygen atoms in total. The molecule has 0 fully saturated rings. The Balaban J connectivity index is 2.22. The van der Waals surface area contributed by atoms with E-state index in [9.17, 15) is 18.0 Å². The molecule has 0 radical (unpaired) electrons. The van der Waals surface area contributed by atoms with Gasteiger partial charge in [-0.1, -0.05) is 35.9 Å². The van der Waals surface area contributed by atoms with Crippen molar-refractivity contribution in [2.75, 3.05) is 17.1 Å². The van der Waals surface area contributed by atoms with E-state index in [0.29, 0.717) is 17.1 Å². The van der Waals surface area contributed by atoms with Crippen molar-refractivity contribution in [2.45, 2.75) is 72.5 Å². The average molecular weight is 536 g/mol. The van der Waals surface area contributed by atoms with Crippen LogP contribution in [-0.2, 0) is 26.2 Å². The third-order valence-corrected chi connectivity index (χ3v) is 7.46. The van der Waals surface area contributed by atoms with Gasteiger partial charge in [0.05, 0.1) is 11.9 Å². The molecule has 0 saturated heterocycles. The number of sulfonamides is 1. The maximum Gasteiger partial charge on any atom is 0.242 e. The summed E-state index contributed by atoms with van der Waals surface area (Å²) in [6.45, 7) is 11.5. The molecule has 2 aromatic carbocycles. The van der Waals surface area contributed by atoms with Gasteiger partial charge in [-0.3, -0.25) is 13.9 Å². The molecule has 9 heteroatoms. The second kappa shape index (κ2) is 12.1. The standard InChI is InChI=1S/C27H38ClN3O4S/c1-19-14-15-23(17-20(19)2)31(36(7,34)35)16-10-13-25(32)30(18-22-11-8-9-12-24(22)28)21(3)26(33)29-27(4,5)6/h8-9,11-12,14-15,17,21H,10,13,16,18H2,1-7H3,(H,29,33). The fourth-order valence-electron chi connectivity index (χ4n) is 3.75. The molecule has 198 valence electrons. The first kappa shape index (κ1) is 29.6. The number of hydrogen-bond donors (Lipinski definition) is 1. The normalized spacial score (nSPS) is 12.7. The predicted molar refractivity (Wildman–Crippen MR) is 147 cm³/mol. The summed E-state index contributed by atoms with van der Waals surface area (Å²) in [5.74, 6) is -0.518. The van der Waals surface area contributed by atoms with Crippen LogP contribution in [0.1, 0.15) is 57.2 Å². The first-order valence-corrected chi connectivity index (χ1v) is 14.2. The van der Waals surface area contributed by atoms with Crippen molar-refractivity contribution in [2.24, 2.45) is 0 Å². The average Bonchev–Trinajstić information content (AvgIpc) is 2.75. The zero-order chi connectivity index (χ0) is 27.3. The lowest BCUT2D eigenvalue weighted by Gasteiger charge is -2.32. The van der Waals surface area contributed by atoms with Gasteiger partial charge < -0.3 is 10.2 Å². The highest BCUT2D eigenvalue weighted by Gasteiger charge is 2.29. The van der Waals surface area contributed by atoms with Gasteiger partial charge in [-0.05, 0) is 82.9 Å². The summed E-state index contributed by atoms with van der Waals surface area (Å²) in [6, 6.07) is 12.0. The SMILES string of the molecule is Cc1ccc(N(CCCC(=O)N(Cc2ccccc2Cl)C(C)C(=O)NC(C)(C)C)S(C)(=O)=O)cc1C. The van der Waals surface area contributed by atoms with Gasteiger partial charge in [0.15, 0.2) is 0 Å². The third kappa shape index (κ3) is 8.52. The van der Waals surface area contributed by atoms with Gasteiger partial charge in [-0.25, -0.2) is 8.42 Å². The Morgan fingerprint density at radius 2 is 1.69 bits per heavy atom. The fourth-order valence-corrected chi connectivity index (χ4v) is 4.90. The molecule has 0 bridgehead atoms. The van der Waals surface area contributed by atoms with E-state index in [2.05, 4.69) is 5.32 Å². The summed E-state index contributed by atoms with van der Waals surface area (Å²) in [5.41, 5.74) is 2.91. The van der Waals surface area contributed by atoms with Crippen LogP contribution < -0.4 is 9.62 Å². The molecule has 1 N–H and O–H groups in total. The van der Waals surface area contributed by atoms with Crippen molar-refractivity contribution in [3.05, 3.63) is 64.2 Å². The number of aryl methyl sites for hydroxylation is 2. The molecule has 0 aromatic heterocycles. The van der Waals surface area contributed by atoms with Crippen LogP contribution in [0, 0.1) is 13.8 Å². The molecular formula is C27H38ClN3O4S. The Morgan fingerprint density at radius 3 is 2.25 bits per heavy atom. The van der Waals surface area contributed by atoms with E-state index in [4.69, 9.17) is 11.6 Å². The van der Waals surface area contributed by atoms with E-state index in [-0.39, 0.29) is 31.3 Å².